The van der Waals surface area contributed by atoms with E-state index < -0.39 is 0 Å². The van der Waals surface area contributed by atoms with Gasteiger partial charge in [-0.25, -0.2) is 0 Å². The van der Waals surface area contributed by atoms with Gasteiger partial charge in [0.25, 0.3) is 0 Å². The maximum absolute atomic E-state index is 4.16. The predicted molar refractivity (Wildman–Crippen MR) is 196 cm³/mol. The molecule has 8 aliphatic rings. The molecule has 4 atom stereocenters. The minimum atomic E-state index is 0.294. The van der Waals surface area contributed by atoms with Crippen molar-refractivity contribution in [3.8, 4) is 0 Å². The number of hydrogen-bond donors (Lipinski definition) is 0. The lowest BCUT2D eigenvalue weighted by molar-refractivity contribution is -0.0309. The van der Waals surface area contributed by atoms with Crippen LogP contribution in [0.25, 0.3) is 24.3 Å². The first-order valence-electron chi connectivity index (χ1n) is 18.2. The third kappa shape index (κ3) is 4.11. The van der Waals surface area contributed by atoms with Crippen molar-refractivity contribution in [2.24, 2.45) is 23.7 Å². The molecule has 0 nitrogen and oxygen atoms in total. The zero-order chi connectivity index (χ0) is 31.3. The van der Waals surface area contributed by atoms with Crippen molar-refractivity contribution in [2.45, 2.75) is 98.7 Å². The monoisotopic (exact) mass is 602 g/mol. The van der Waals surface area contributed by atoms with Crippen molar-refractivity contribution in [3.05, 3.63) is 131 Å². The Bertz CT molecular complexity index is 1620. The smallest absolute Gasteiger partial charge is 0.00330 e. The molecule has 4 unspecified atom stereocenters. The number of benzene rings is 3. The number of rotatable bonds is 8. The third-order valence-electron chi connectivity index (χ3n) is 14.5. The fourth-order valence-electron chi connectivity index (χ4n) is 13.6. The highest BCUT2D eigenvalue weighted by molar-refractivity contribution is 5.66. The summed E-state index contributed by atoms with van der Waals surface area (Å²) in [7, 11) is 0. The Morgan fingerprint density at radius 2 is 0.739 bits per heavy atom. The molecule has 0 heteroatoms. The summed E-state index contributed by atoms with van der Waals surface area (Å²) < 4.78 is 0. The summed E-state index contributed by atoms with van der Waals surface area (Å²) in [5, 5.41) is 0. The van der Waals surface area contributed by atoms with Gasteiger partial charge in [0.15, 0.2) is 0 Å². The van der Waals surface area contributed by atoms with Gasteiger partial charge in [-0.1, -0.05) is 111 Å². The molecule has 8 aliphatic carbocycles. The molecule has 0 aromatic heterocycles. The van der Waals surface area contributed by atoms with Crippen molar-refractivity contribution >= 4 is 24.3 Å². The maximum Gasteiger partial charge on any atom is -0.00330 e. The average Bonchev–Trinajstić information content (AvgIpc) is 3.06. The summed E-state index contributed by atoms with van der Waals surface area (Å²) >= 11 is 0. The van der Waals surface area contributed by atoms with E-state index in [1.54, 1.807) is 22.3 Å². The second-order valence-corrected chi connectivity index (χ2v) is 17.1. The van der Waals surface area contributed by atoms with Gasteiger partial charge in [0.2, 0.25) is 0 Å². The SMILES string of the molecule is C=Cc1ccc(C23CC4CC(CC(c5cccc(C67CC8CC(C6)CC(c6ccc(C=C)c(C=C)c6)(C8)C7)c5)(C4)C2)C3)cc1C=C. The molecule has 0 saturated heterocycles. The topological polar surface area (TPSA) is 0 Å². The molecule has 8 fully saturated rings. The van der Waals surface area contributed by atoms with Crippen LogP contribution in [-0.2, 0) is 21.7 Å². The lowest BCUT2D eigenvalue weighted by Gasteiger charge is -2.64. The van der Waals surface area contributed by atoms with Crippen LogP contribution in [0.2, 0.25) is 0 Å². The lowest BCUT2D eigenvalue weighted by atomic mass is 9.40. The van der Waals surface area contributed by atoms with Crippen LogP contribution in [0.3, 0.4) is 0 Å². The van der Waals surface area contributed by atoms with E-state index in [4.69, 9.17) is 0 Å². The normalized spacial score (nSPS) is 38.1. The van der Waals surface area contributed by atoms with Crippen LogP contribution >= 0.6 is 0 Å². The zero-order valence-corrected chi connectivity index (χ0v) is 27.7. The molecule has 0 radical (unpaired) electrons. The van der Waals surface area contributed by atoms with Crippen LogP contribution in [0.1, 0.15) is 122 Å². The van der Waals surface area contributed by atoms with Crippen LogP contribution in [-0.4, -0.2) is 0 Å². The molecule has 234 valence electrons. The molecule has 8 bridgehead atoms. The molecule has 8 saturated carbocycles. The molecule has 46 heavy (non-hydrogen) atoms. The van der Waals surface area contributed by atoms with Gasteiger partial charge in [0, 0.05) is 0 Å². The second-order valence-electron chi connectivity index (χ2n) is 17.1. The summed E-state index contributed by atoms with van der Waals surface area (Å²) in [6.07, 6.45) is 24.5. The van der Waals surface area contributed by atoms with E-state index in [0.717, 1.165) is 23.7 Å². The highest BCUT2D eigenvalue weighted by Gasteiger charge is 2.61. The van der Waals surface area contributed by atoms with Gasteiger partial charge in [-0.3, -0.25) is 0 Å². The summed E-state index contributed by atoms with van der Waals surface area (Å²) in [6, 6.07) is 24.7. The Morgan fingerprint density at radius 3 is 1.07 bits per heavy atom. The van der Waals surface area contributed by atoms with E-state index in [9.17, 15) is 0 Å². The van der Waals surface area contributed by atoms with Gasteiger partial charge in [-0.15, -0.1) is 0 Å². The van der Waals surface area contributed by atoms with Crippen LogP contribution < -0.4 is 0 Å². The average molecular weight is 603 g/mol. The minimum absolute atomic E-state index is 0.294. The Labute approximate surface area is 277 Å². The maximum atomic E-state index is 4.16. The molecular weight excluding hydrogens is 553 g/mol. The fraction of sp³-hybridized carbons (Fsp3) is 0.435. The minimum Gasteiger partial charge on any atom is -0.0984 e. The van der Waals surface area contributed by atoms with Crippen molar-refractivity contribution < 1.29 is 0 Å². The van der Waals surface area contributed by atoms with Crippen molar-refractivity contribution in [2.75, 3.05) is 0 Å². The van der Waals surface area contributed by atoms with Gasteiger partial charge < -0.3 is 0 Å². The Morgan fingerprint density at radius 1 is 0.413 bits per heavy atom. The van der Waals surface area contributed by atoms with Gasteiger partial charge in [-0.2, -0.15) is 0 Å². The first-order valence-corrected chi connectivity index (χ1v) is 18.2. The van der Waals surface area contributed by atoms with Crippen LogP contribution in [0.15, 0.2) is 87.0 Å². The number of hydrogen-bond acceptors (Lipinski definition) is 0. The van der Waals surface area contributed by atoms with E-state index in [2.05, 4.69) is 87.0 Å². The first kappa shape index (κ1) is 28.8. The summed E-state index contributed by atoms with van der Waals surface area (Å²) in [5.74, 6) is 3.38. The molecule has 0 amide bonds. The molecule has 3 aromatic rings. The van der Waals surface area contributed by atoms with Crippen molar-refractivity contribution in [1.82, 2.24) is 0 Å². The van der Waals surface area contributed by atoms with Gasteiger partial charge in [-0.05, 0) is 167 Å². The summed E-state index contributed by atoms with van der Waals surface area (Å²) in [6.45, 7) is 16.5. The Balaban J connectivity index is 1.10. The van der Waals surface area contributed by atoms with Crippen LogP contribution in [0.5, 0.6) is 0 Å². The van der Waals surface area contributed by atoms with E-state index in [1.165, 1.54) is 99.3 Å². The van der Waals surface area contributed by atoms with E-state index >= 15 is 0 Å². The second kappa shape index (κ2) is 10.1. The highest BCUT2D eigenvalue weighted by atomic mass is 14.6. The quantitative estimate of drug-likeness (QED) is 0.241. The first-order chi connectivity index (χ1) is 22.3. The van der Waals surface area contributed by atoms with E-state index in [-0.39, 0.29) is 0 Å². The Hall–Kier alpha value is -3.38. The predicted octanol–water partition coefficient (Wildman–Crippen LogP) is 11.8. The van der Waals surface area contributed by atoms with E-state index in [1.807, 2.05) is 24.3 Å². The lowest BCUT2D eigenvalue weighted by Crippen LogP contribution is -2.56. The standard InChI is InChI=1S/C46H50/c1-5-35-12-14-41(18-37(35)7-3)45-25-31-16-32(26-45)22-43(21-31,29-45)39-10-9-11-40(20-39)44-23-33-17-34(24-44)28-46(27-33,30-44)42-15-13-36(6-2)38(8-4)19-42/h5-15,18-20,31-34H,1-4,16-17,21-30H2. The molecule has 0 heterocycles. The van der Waals surface area contributed by atoms with Gasteiger partial charge >= 0.3 is 0 Å². The summed E-state index contributed by atoms with van der Waals surface area (Å²) in [5.41, 5.74) is 12.6. The zero-order valence-electron chi connectivity index (χ0n) is 27.7. The molecule has 0 N–H and O–H groups in total. The third-order valence-corrected chi connectivity index (χ3v) is 14.5. The summed E-state index contributed by atoms with van der Waals surface area (Å²) in [4.78, 5) is 0. The highest BCUT2D eigenvalue weighted by Crippen LogP contribution is 2.68. The molecule has 0 spiro atoms. The largest absolute Gasteiger partial charge is 0.0984 e. The Kier molecular flexibility index (Phi) is 6.30. The van der Waals surface area contributed by atoms with Gasteiger partial charge in [0.1, 0.15) is 0 Å². The van der Waals surface area contributed by atoms with Crippen molar-refractivity contribution in [1.29, 1.82) is 0 Å². The van der Waals surface area contributed by atoms with E-state index in [0.29, 0.717) is 21.7 Å². The molecular formula is C46H50. The van der Waals surface area contributed by atoms with Crippen LogP contribution in [0.4, 0.5) is 0 Å². The van der Waals surface area contributed by atoms with Crippen LogP contribution in [0, 0.1) is 23.7 Å². The molecule has 3 aromatic carbocycles. The van der Waals surface area contributed by atoms with Gasteiger partial charge in [0.05, 0.1) is 0 Å². The molecule has 11 rings (SSSR count). The van der Waals surface area contributed by atoms with Crippen molar-refractivity contribution in [3.63, 3.8) is 0 Å². The molecule has 0 aliphatic heterocycles. The fourth-order valence-corrected chi connectivity index (χ4v) is 13.6.